The molecule has 2 aliphatic heterocycles. The highest BCUT2D eigenvalue weighted by Crippen LogP contribution is 2.27. The molecule has 0 bridgehead atoms. The van der Waals surface area contributed by atoms with Crippen molar-refractivity contribution >= 4 is 39.6 Å². The van der Waals surface area contributed by atoms with Gasteiger partial charge in [0.1, 0.15) is 12.1 Å². The first-order chi connectivity index (χ1) is 18.8. The number of ketones is 1. The third-order valence-corrected chi connectivity index (χ3v) is 9.54. The van der Waals surface area contributed by atoms with Gasteiger partial charge < -0.3 is 26.6 Å². The van der Waals surface area contributed by atoms with Crippen molar-refractivity contribution in [3.8, 4) is 0 Å². The van der Waals surface area contributed by atoms with Gasteiger partial charge in [-0.2, -0.15) is 4.31 Å². The van der Waals surface area contributed by atoms with Crippen LogP contribution in [0.4, 0.5) is 4.79 Å². The lowest BCUT2D eigenvalue weighted by molar-refractivity contribution is -0.143. The van der Waals surface area contributed by atoms with Crippen LogP contribution in [0.5, 0.6) is 0 Å². The molecule has 2 rings (SSSR count). The molecule has 1 unspecified atom stereocenters. The van der Waals surface area contributed by atoms with E-state index in [1.54, 1.807) is 27.7 Å². The molecular weight excluding hydrogens is 552 g/mol. The Bertz CT molecular complexity index is 1110. The molecule has 2 fully saturated rings. The monoisotopic (exact) mass is 600 g/mol. The minimum absolute atomic E-state index is 0.0805. The third-order valence-electron chi connectivity index (χ3n) is 7.62. The van der Waals surface area contributed by atoms with E-state index in [0.717, 1.165) is 0 Å². The second-order valence-corrected chi connectivity index (χ2v) is 15.2. The van der Waals surface area contributed by atoms with Crippen LogP contribution in [0.1, 0.15) is 80.6 Å². The van der Waals surface area contributed by atoms with E-state index in [2.05, 4.69) is 16.0 Å². The van der Waals surface area contributed by atoms with Gasteiger partial charge in [-0.15, -0.1) is 0 Å². The van der Waals surface area contributed by atoms with E-state index in [9.17, 15) is 32.4 Å². The minimum atomic E-state index is -3.37. The summed E-state index contributed by atoms with van der Waals surface area (Å²) in [6.45, 7) is 13.7. The lowest BCUT2D eigenvalue weighted by Gasteiger charge is -2.37. The van der Waals surface area contributed by atoms with Crippen LogP contribution in [0.25, 0.3) is 0 Å². The zero-order valence-corrected chi connectivity index (χ0v) is 26.2. The lowest BCUT2D eigenvalue weighted by atomic mass is 9.85. The molecule has 234 valence electrons. The summed E-state index contributed by atoms with van der Waals surface area (Å²) >= 11 is 0. The Kier molecular flexibility index (Phi) is 11.3. The maximum Gasteiger partial charge on any atom is 0.315 e. The first-order valence-electron chi connectivity index (χ1n) is 14.3. The van der Waals surface area contributed by atoms with Crippen LogP contribution in [0.2, 0.25) is 0 Å². The molecule has 4 atom stereocenters. The van der Waals surface area contributed by atoms with Crippen molar-refractivity contribution in [3.63, 3.8) is 0 Å². The fraction of sp³-hybridized carbons (Fsp3) is 0.815. The molecule has 0 aliphatic carbocycles. The normalized spacial score (nSPS) is 21.5. The maximum atomic E-state index is 13.8. The van der Waals surface area contributed by atoms with Crippen LogP contribution in [0.15, 0.2) is 0 Å². The third kappa shape index (κ3) is 9.12. The van der Waals surface area contributed by atoms with Crippen LogP contribution in [0, 0.1) is 10.8 Å². The molecule has 2 saturated heterocycles. The van der Waals surface area contributed by atoms with Crippen molar-refractivity contribution in [2.75, 3.05) is 25.4 Å². The molecule has 0 aromatic heterocycles. The van der Waals surface area contributed by atoms with Gasteiger partial charge in [-0.25, -0.2) is 13.2 Å². The molecule has 5 amide bonds. The molecule has 2 aliphatic rings. The molecule has 5 N–H and O–H groups in total. The number of urea groups is 1. The van der Waals surface area contributed by atoms with Gasteiger partial charge in [-0.3, -0.25) is 19.2 Å². The summed E-state index contributed by atoms with van der Waals surface area (Å²) in [6, 6.07) is -4.11. The van der Waals surface area contributed by atoms with Gasteiger partial charge in [0.2, 0.25) is 27.6 Å². The molecular formula is C27H48N6O7S. The van der Waals surface area contributed by atoms with E-state index in [-0.39, 0.29) is 25.3 Å². The van der Waals surface area contributed by atoms with Gasteiger partial charge in [-0.1, -0.05) is 54.9 Å². The summed E-state index contributed by atoms with van der Waals surface area (Å²) in [5.74, 6) is -2.95. The molecule has 0 saturated carbocycles. The van der Waals surface area contributed by atoms with Crippen LogP contribution in [0.3, 0.4) is 0 Å². The molecule has 13 nitrogen and oxygen atoms in total. The largest absolute Gasteiger partial charge is 0.363 e. The van der Waals surface area contributed by atoms with E-state index in [4.69, 9.17) is 5.73 Å². The first kappa shape index (κ1) is 34.5. The first-order valence-corrected chi connectivity index (χ1v) is 15.9. The fourth-order valence-corrected chi connectivity index (χ4v) is 6.62. The van der Waals surface area contributed by atoms with Crippen molar-refractivity contribution < 1.29 is 32.4 Å². The second kappa shape index (κ2) is 13.5. The van der Waals surface area contributed by atoms with Crippen LogP contribution in [-0.2, 0) is 29.2 Å². The van der Waals surface area contributed by atoms with Crippen molar-refractivity contribution in [2.45, 2.75) is 105 Å². The SMILES string of the molecule is CCCC(NC(=O)[C@@H]1CCCN1C(=O)[C@@H](NC(=O)N[C@H](CN1CCCS1(=O)=O)C(C)(C)C)C(C)(C)C)C(=O)C(N)=O. The summed E-state index contributed by atoms with van der Waals surface area (Å²) in [7, 11) is -3.37. The van der Waals surface area contributed by atoms with E-state index in [1.807, 2.05) is 20.8 Å². The quantitative estimate of drug-likeness (QED) is 0.248. The Labute approximate surface area is 243 Å². The van der Waals surface area contributed by atoms with Gasteiger partial charge in [0, 0.05) is 25.7 Å². The smallest absolute Gasteiger partial charge is 0.315 e. The highest BCUT2D eigenvalue weighted by molar-refractivity contribution is 7.89. The summed E-state index contributed by atoms with van der Waals surface area (Å²) in [5, 5.41) is 8.25. The van der Waals surface area contributed by atoms with Crippen LogP contribution in [-0.4, -0.2) is 96.7 Å². The number of amides is 5. The van der Waals surface area contributed by atoms with E-state index in [1.165, 1.54) is 9.21 Å². The van der Waals surface area contributed by atoms with Crippen molar-refractivity contribution in [1.82, 2.24) is 25.2 Å². The van der Waals surface area contributed by atoms with Crippen LogP contribution >= 0.6 is 0 Å². The van der Waals surface area contributed by atoms with Gasteiger partial charge in [0.25, 0.3) is 5.91 Å². The molecule has 0 spiro atoms. The summed E-state index contributed by atoms with van der Waals surface area (Å²) < 4.78 is 26.2. The number of Topliss-reactive ketones (excluding diaryl/α,β-unsaturated/α-hetero) is 1. The predicted octanol–water partition coefficient (Wildman–Crippen LogP) is 0.481. The van der Waals surface area contributed by atoms with Crippen LogP contribution < -0.4 is 21.7 Å². The number of sulfonamides is 1. The number of carbonyl (C=O) groups excluding carboxylic acids is 5. The average Bonchev–Trinajstić information content (AvgIpc) is 3.46. The zero-order chi connectivity index (χ0) is 31.3. The topological polar surface area (TPSA) is 188 Å². The molecule has 0 aromatic rings. The average molecular weight is 601 g/mol. The number of likely N-dealkylation sites (tertiary alicyclic amines) is 1. The number of nitrogens with two attached hydrogens (primary N) is 1. The minimum Gasteiger partial charge on any atom is -0.363 e. The van der Waals surface area contributed by atoms with E-state index < -0.39 is 74.6 Å². The van der Waals surface area contributed by atoms with Crippen molar-refractivity contribution in [3.05, 3.63) is 0 Å². The molecule has 2 heterocycles. The van der Waals surface area contributed by atoms with Gasteiger partial charge in [0.15, 0.2) is 0 Å². The standard InChI is InChI=1S/C27H48N6O7S/c1-8-11-17(20(34)22(28)35)29-23(36)18-12-9-14-33(18)24(37)21(27(5,6)7)31-25(38)30-19(26(2,3)4)16-32-13-10-15-41(32,39)40/h17-19,21H,8-16H2,1-7H3,(H2,28,35)(H,29,36)(H2,30,31,38)/t17?,18-,19+,21+/m0/s1. The van der Waals surface area contributed by atoms with Gasteiger partial charge >= 0.3 is 6.03 Å². The Morgan fingerprint density at radius 3 is 2.05 bits per heavy atom. The summed E-state index contributed by atoms with van der Waals surface area (Å²) in [6.07, 6.45) is 2.20. The molecule has 0 radical (unpaired) electrons. The number of hydrogen-bond donors (Lipinski definition) is 4. The number of rotatable bonds is 11. The van der Waals surface area contributed by atoms with Crippen molar-refractivity contribution in [1.29, 1.82) is 0 Å². The Morgan fingerprint density at radius 2 is 1.56 bits per heavy atom. The number of nitrogens with zero attached hydrogens (tertiary/aromatic N) is 2. The zero-order valence-electron chi connectivity index (χ0n) is 25.4. The number of primary amides is 1. The molecule has 0 aromatic carbocycles. The highest BCUT2D eigenvalue weighted by Gasteiger charge is 2.43. The molecule has 14 heteroatoms. The van der Waals surface area contributed by atoms with E-state index >= 15 is 0 Å². The fourth-order valence-electron chi connectivity index (χ4n) is 5.08. The Hall–Kier alpha value is -2.74. The second-order valence-electron chi connectivity index (χ2n) is 13.1. The number of carbonyl (C=O) groups is 5. The van der Waals surface area contributed by atoms with Gasteiger partial charge in [0.05, 0.1) is 11.8 Å². The number of nitrogens with one attached hydrogen (secondary N) is 3. The summed E-state index contributed by atoms with van der Waals surface area (Å²) in [5.41, 5.74) is 3.93. The highest BCUT2D eigenvalue weighted by atomic mass is 32.2. The lowest BCUT2D eigenvalue weighted by Crippen LogP contribution is -2.61. The molecule has 41 heavy (non-hydrogen) atoms. The van der Waals surface area contributed by atoms with Crippen molar-refractivity contribution in [2.24, 2.45) is 16.6 Å². The summed E-state index contributed by atoms with van der Waals surface area (Å²) in [4.78, 5) is 65.3. The predicted molar refractivity (Wildman–Crippen MR) is 154 cm³/mol. The maximum absolute atomic E-state index is 13.8. The van der Waals surface area contributed by atoms with E-state index in [0.29, 0.717) is 32.2 Å². The number of hydrogen-bond acceptors (Lipinski definition) is 7. The van der Waals surface area contributed by atoms with Gasteiger partial charge in [-0.05, 0) is 36.5 Å². The Balaban J connectivity index is 2.19. The Morgan fingerprint density at radius 1 is 0.927 bits per heavy atom.